The molecule has 3 aromatic heterocycles. The van der Waals surface area contributed by atoms with Gasteiger partial charge < -0.3 is 9.42 Å². The van der Waals surface area contributed by atoms with Gasteiger partial charge in [-0.15, -0.1) is 11.3 Å². The van der Waals surface area contributed by atoms with Crippen LogP contribution < -0.4 is 4.90 Å². The van der Waals surface area contributed by atoms with Crippen LogP contribution in [0.2, 0.25) is 0 Å². The first-order chi connectivity index (χ1) is 20.3. The number of para-hydroxylation sites is 1. The molecule has 220 valence electrons. The number of aromatic nitrogens is 3. The smallest absolute Gasteiger partial charge is 0.252 e. The summed E-state index contributed by atoms with van der Waals surface area (Å²) in [5, 5.41) is 8.74. The Bertz CT molecular complexity index is 1740. The first-order valence-electron chi connectivity index (χ1n) is 14.5. The van der Waals surface area contributed by atoms with Gasteiger partial charge in [0.15, 0.2) is 5.76 Å². The molecular formula is C30H35N7O3S2. The Morgan fingerprint density at radius 1 is 1.10 bits per heavy atom. The fourth-order valence-electron chi connectivity index (χ4n) is 6.06. The summed E-state index contributed by atoms with van der Waals surface area (Å²) < 4.78 is 36.1. The maximum atomic E-state index is 13.4. The van der Waals surface area contributed by atoms with E-state index in [4.69, 9.17) is 14.6 Å². The lowest BCUT2D eigenvalue weighted by Crippen LogP contribution is -2.52. The van der Waals surface area contributed by atoms with Crippen molar-refractivity contribution in [3.05, 3.63) is 59.5 Å². The van der Waals surface area contributed by atoms with Crippen molar-refractivity contribution in [2.24, 2.45) is 12.0 Å². The second-order valence-electron chi connectivity index (χ2n) is 11.5. The van der Waals surface area contributed by atoms with Gasteiger partial charge in [-0.25, -0.2) is 8.42 Å². The molecule has 7 rings (SSSR count). The third kappa shape index (κ3) is 5.10. The minimum atomic E-state index is -3.57. The van der Waals surface area contributed by atoms with Crippen LogP contribution in [0.25, 0.3) is 21.8 Å². The zero-order valence-electron chi connectivity index (χ0n) is 24.1. The molecule has 2 fully saturated rings. The summed E-state index contributed by atoms with van der Waals surface area (Å²) in [7, 11) is -1.57. The number of piperazine rings is 1. The standard InChI is InChI=1S/C30H35N7O3S2/c1-20-15-26(40-33-20)27-9-10-28(41-27)42(38,39)36-13-11-35(12-14-36)17-21(2)37-19-31-16-23-5-4-6-24(30(23)37)25-18-34(3)32-29(25)22-7-8-22/h4-6,9-10,15-16,18,21-22H,7-8,11-14,17,19H2,1-3H3. The first kappa shape index (κ1) is 27.5. The molecule has 1 saturated heterocycles. The van der Waals surface area contributed by atoms with Crippen LogP contribution in [0.5, 0.6) is 0 Å². The third-order valence-corrected chi connectivity index (χ3v) is 11.8. The SMILES string of the molecule is Cc1cc(-c2ccc(S(=O)(=O)N3CCN(CC(C)N4CN=Cc5cccc(-c6cn(C)nc6C6CC6)c54)CC3)s2)on1. The van der Waals surface area contributed by atoms with Gasteiger partial charge in [0.1, 0.15) is 10.9 Å². The van der Waals surface area contributed by atoms with Crippen LogP contribution in [-0.4, -0.2) is 84.2 Å². The molecule has 12 heteroatoms. The predicted molar refractivity (Wildman–Crippen MR) is 165 cm³/mol. The molecule has 0 amide bonds. The summed E-state index contributed by atoms with van der Waals surface area (Å²) in [6, 6.07) is 11.9. The highest BCUT2D eigenvalue weighted by molar-refractivity contribution is 7.91. The Balaban J connectivity index is 1.04. The van der Waals surface area contributed by atoms with Crippen molar-refractivity contribution in [3.8, 4) is 21.8 Å². The number of aryl methyl sites for hydroxylation is 2. The molecule has 0 spiro atoms. The summed E-state index contributed by atoms with van der Waals surface area (Å²) in [6.07, 6.45) is 6.55. The maximum absolute atomic E-state index is 13.4. The maximum Gasteiger partial charge on any atom is 0.252 e. The Labute approximate surface area is 250 Å². The fraction of sp³-hybridized carbons (Fsp3) is 0.433. The predicted octanol–water partition coefficient (Wildman–Crippen LogP) is 4.58. The quantitative estimate of drug-likeness (QED) is 0.290. The lowest BCUT2D eigenvalue weighted by molar-refractivity contribution is 0.180. The number of hydrogen-bond acceptors (Lipinski definition) is 9. The van der Waals surface area contributed by atoms with E-state index in [1.54, 1.807) is 16.4 Å². The van der Waals surface area contributed by atoms with Gasteiger partial charge in [0.05, 0.1) is 22.0 Å². The van der Waals surface area contributed by atoms with Gasteiger partial charge in [0.2, 0.25) is 0 Å². The first-order valence-corrected chi connectivity index (χ1v) is 16.7. The van der Waals surface area contributed by atoms with Gasteiger partial charge in [0.25, 0.3) is 10.0 Å². The van der Waals surface area contributed by atoms with Crippen molar-refractivity contribution in [2.75, 3.05) is 44.3 Å². The monoisotopic (exact) mass is 605 g/mol. The lowest BCUT2D eigenvalue weighted by Gasteiger charge is -2.40. The van der Waals surface area contributed by atoms with Crippen molar-refractivity contribution < 1.29 is 12.9 Å². The fourth-order valence-corrected chi connectivity index (χ4v) is 8.89. The summed E-state index contributed by atoms with van der Waals surface area (Å²) in [5.41, 5.74) is 6.75. The number of sulfonamides is 1. The van der Waals surface area contributed by atoms with Gasteiger partial charge in [-0.05, 0) is 38.8 Å². The molecule has 1 saturated carbocycles. The van der Waals surface area contributed by atoms with E-state index < -0.39 is 10.0 Å². The van der Waals surface area contributed by atoms with Crippen LogP contribution in [0.1, 0.15) is 42.6 Å². The largest absolute Gasteiger partial charge is 0.355 e. The van der Waals surface area contributed by atoms with E-state index in [0.29, 0.717) is 48.7 Å². The van der Waals surface area contributed by atoms with E-state index in [0.717, 1.165) is 22.7 Å². The molecule has 0 radical (unpaired) electrons. The van der Waals surface area contributed by atoms with Crippen LogP contribution in [-0.2, 0) is 17.1 Å². The van der Waals surface area contributed by atoms with Crippen molar-refractivity contribution >= 4 is 33.3 Å². The lowest BCUT2D eigenvalue weighted by atomic mass is 9.97. The summed E-state index contributed by atoms with van der Waals surface area (Å²) in [6.45, 7) is 7.81. The van der Waals surface area contributed by atoms with Gasteiger partial charge in [-0.2, -0.15) is 9.40 Å². The van der Waals surface area contributed by atoms with Crippen LogP contribution >= 0.6 is 11.3 Å². The highest BCUT2D eigenvalue weighted by Crippen LogP contribution is 2.46. The molecule has 1 unspecified atom stereocenters. The number of thiophene rings is 1. The van der Waals surface area contributed by atoms with E-state index in [1.165, 1.54) is 46.7 Å². The molecule has 0 N–H and O–H groups in total. The molecule has 42 heavy (non-hydrogen) atoms. The molecular weight excluding hydrogens is 571 g/mol. The van der Waals surface area contributed by atoms with Gasteiger partial charge in [0, 0.05) is 86.9 Å². The van der Waals surface area contributed by atoms with Crippen LogP contribution in [0.3, 0.4) is 0 Å². The number of rotatable bonds is 8. The topological polar surface area (TPSA) is 100 Å². The van der Waals surface area contributed by atoms with Crippen LogP contribution in [0.4, 0.5) is 5.69 Å². The average molecular weight is 606 g/mol. The van der Waals surface area contributed by atoms with Gasteiger partial charge in [-0.3, -0.25) is 14.6 Å². The minimum Gasteiger partial charge on any atom is -0.355 e. The molecule has 1 aromatic carbocycles. The Morgan fingerprint density at radius 3 is 2.64 bits per heavy atom. The van der Waals surface area contributed by atoms with E-state index in [-0.39, 0.29) is 6.04 Å². The molecule has 4 aromatic rings. The Morgan fingerprint density at radius 2 is 1.90 bits per heavy atom. The number of nitrogens with zero attached hydrogens (tertiary/aromatic N) is 7. The molecule has 1 aliphatic carbocycles. The highest BCUT2D eigenvalue weighted by atomic mass is 32.2. The van der Waals surface area contributed by atoms with Crippen molar-refractivity contribution in [3.63, 3.8) is 0 Å². The van der Waals surface area contributed by atoms with E-state index in [1.807, 2.05) is 30.9 Å². The second kappa shape index (κ2) is 10.7. The zero-order valence-corrected chi connectivity index (χ0v) is 25.7. The number of anilines is 1. The van der Waals surface area contributed by atoms with Crippen molar-refractivity contribution in [1.82, 2.24) is 24.1 Å². The number of aliphatic imine (C=N–C) groups is 1. The normalized spacial score (nSPS) is 18.9. The molecule has 1 atom stereocenters. The molecule has 3 aliphatic rings. The Hall–Kier alpha value is -3.32. The average Bonchev–Trinajstić information content (AvgIpc) is 3.34. The summed E-state index contributed by atoms with van der Waals surface area (Å²) in [5.74, 6) is 1.15. The number of hydrogen-bond donors (Lipinski definition) is 0. The van der Waals surface area contributed by atoms with Crippen LogP contribution in [0, 0.1) is 6.92 Å². The number of benzene rings is 1. The molecule has 0 bridgehead atoms. The number of fused-ring (bicyclic) bond motifs is 1. The molecule has 2 aliphatic heterocycles. The van der Waals surface area contributed by atoms with Crippen molar-refractivity contribution in [1.29, 1.82) is 0 Å². The van der Waals surface area contributed by atoms with E-state index in [9.17, 15) is 8.42 Å². The van der Waals surface area contributed by atoms with E-state index in [2.05, 4.69) is 46.3 Å². The van der Waals surface area contributed by atoms with E-state index >= 15 is 0 Å². The van der Waals surface area contributed by atoms with Gasteiger partial charge >= 0.3 is 0 Å². The Kier molecular flexibility index (Phi) is 7.04. The summed E-state index contributed by atoms with van der Waals surface area (Å²) >= 11 is 1.23. The second-order valence-corrected chi connectivity index (χ2v) is 14.8. The highest BCUT2D eigenvalue weighted by Gasteiger charge is 2.34. The van der Waals surface area contributed by atoms with Crippen molar-refractivity contribution in [2.45, 2.75) is 42.9 Å². The zero-order chi connectivity index (χ0) is 29.0. The summed E-state index contributed by atoms with van der Waals surface area (Å²) in [4.78, 5) is 10.2. The molecule has 5 heterocycles. The molecule has 10 nitrogen and oxygen atoms in total. The van der Waals surface area contributed by atoms with Crippen LogP contribution in [0.15, 0.2) is 56.3 Å². The van der Waals surface area contributed by atoms with Gasteiger partial charge in [-0.1, -0.05) is 23.4 Å². The third-order valence-electron chi connectivity index (χ3n) is 8.36. The minimum absolute atomic E-state index is 0.191.